The summed E-state index contributed by atoms with van der Waals surface area (Å²) in [6.07, 6.45) is -7.72. The van der Waals surface area contributed by atoms with E-state index in [0.717, 1.165) is 43.0 Å². The smallest absolute Gasteiger partial charge is 0.335 e. The van der Waals surface area contributed by atoms with Crippen LogP contribution in [0.15, 0.2) is 24.3 Å². The third kappa shape index (κ3) is 5.90. The fourth-order valence-electron chi connectivity index (χ4n) is 4.05. The number of nitrogens with zero attached hydrogens (tertiary/aromatic N) is 3. The van der Waals surface area contributed by atoms with E-state index in [4.69, 9.17) is 0 Å². The minimum atomic E-state index is -4.98. The number of carbonyl (C=O) groups is 2. The SMILES string of the molecule is O=C(Cc1ccc(C(F)(F)F)cc1)N1CCN(C(=O)C(F)(F)F)C[C@H]1CN1CCCC1. The average Bonchev–Trinajstić information content (AvgIpc) is 3.19. The highest BCUT2D eigenvalue weighted by Gasteiger charge is 2.45. The largest absolute Gasteiger partial charge is 0.471 e. The molecule has 1 aromatic rings. The molecule has 2 amide bonds. The van der Waals surface area contributed by atoms with Gasteiger partial charge in [-0.15, -0.1) is 0 Å². The Balaban J connectivity index is 1.71. The molecule has 0 radical (unpaired) electrons. The van der Waals surface area contributed by atoms with Gasteiger partial charge in [-0.2, -0.15) is 26.3 Å². The van der Waals surface area contributed by atoms with Crippen molar-refractivity contribution < 1.29 is 35.9 Å². The molecule has 11 heteroatoms. The van der Waals surface area contributed by atoms with Crippen LogP contribution in [-0.4, -0.2) is 78.0 Å². The summed E-state index contributed by atoms with van der Waals surface area (Å²) in [4.78, 5) is 28.8. The van der Waals surface area contributed by atoms with Crippen LogP contribution in [0, 0.1) is 0 Å². The molecule has 2 saturated heterocycles. The van der Waals surface area contributed by atoms with Crippen molar-refractivity contribution in [1.82, 2.24) is 14.7 Å². The van der Waals surface area contributed by atoms with E-state index < -0.39 is 29.9 Å². The second kappa shape index (κ2) is 9.05. The molecule has 0 spiro atoms. The molecule has 5 nitrogen and oxygen atoms in total. The van der Waals surface area contributed by atoms with Crippen LogP contribution in [0.3, 0.4) is 0 Å². The third-order valence-corrected chi connectivity index (χ3v) is 5.64. The molecule has 0 saturated carbocycles. The van der Waals surface area contributed by atoms with Crippen molar-refractivity contribution in [1.29, 1.82) is 0 Å². The van der Waals surface area contributed by atoms with E-state index in [1.807, 2.05) is 4.90 Å². The third-order valence-electron chi connectivity index (χ3n) is 5.64. The minimum Gasteiger partial charge on any atom is -0.335 e. The summed E-state index contributed by atoms with van der Waals surface area (Å²) in [7, 11) is 0. The van der Waals surface area contributed by atoms with Crippen LogP contribution in [0.5, 0.6) is 0 Å². The maximum atomic E-state index is 12.9. The van der Waals surface area contributed by atoms with Gasteiger partial charge >= 0.3 is 18.3 Å². The summed E-state index contributed by atoms with van der Waals surface area (Å²) in [6, 6.07) is 3.62. The number of halogens is 6. The topological polar surface area (TPSA) is 43.9 Å². The molecule has 0 unspecified atom stereocenters. The van der Waals surface area contributed by atoms with Crippen molar-refractivity contribution in [2.45, 2.75) is 37.7 Å². The van der Waals surface area contributed by atoms with Crippen molar-refractivity contribution in [3.8, 4) is 0 Å². The molecule has 2 aliphatic heterocycles. The Kier molecular flexibility index (Phi) is 6.82. The zero-order valence-electron chi connectivity index (χ0n) is 16.7. The lowest BCUT2D eigenvalue weighted by Gasteiger charge is -2.43. The first-order valence-electron chi connectivity index (χ1n) is 9.99. The van der Waals surface area contributed by atoms with Crippen molar-refractivity contribution in [3.63, 3.8) is 0 Å². The highest BCUT2D eigenvalue weighted by atomic mass is 19.4. The van der Waals surface area contributed by atoms with E-state index in [-0.39, 0.29) is 32.0 Å². The van der Waals surface area contributed by atoms with Gasteiger partial charge in [0, 0.05) is 26.2 Å². The van der Waals surface area contributed by atoms with E-state index in [9.17, 15) is 35.9 Å². The zero-order chi connectivity index (χ0) is 22.8. The van der Waals surface area contributed by atoms with E-state index in [2.05, 4.69) is 0 Å². The van der Waals surface area contributed by atoms with Gasteiger partial charge in [-0.05, 0) is 43.6 Å². The summed E-state index contributed by atoms with van der Waals surface area (Å²) < 4.78 is 76.7. The highest BCUT2D eigenvalue weighted by Crippen LogP contribution is 2.29. The first-order chi connectivity index (χ1) is 14.4. The molecule has 3 rings (SSSR count). The monoisotopic (exact) mass is 451 g/mol. The average molecular weight is 451 g/mol. The van der Waals surface area contributed by atoms with Crippen molar-refractivity contribution in [2.24, 2.45) is 0 Å². The summed E-state index contributed by atoms with van der Waals surface area (Å²) in [5, 5.41) is 0. The quantitative estimate of drug-likeness (QED) is 0.662. The van der Waals surface area contributed by atoms with Crippen LogP contribution >= 0.6 is 0 Å². The Bertz CT molecular complexity index is 788. The fraction of sp³-hybridized carbons (Fsp3) is 0.600. The summed E-state index contributed by atoms with van der Waals surface area (Å²) in [5.41, 5.74) is -0.443. The van der Waals surface area contributed by atoms with E-state index in [1.54, 1.807) is 0 Å². The first kappa shape index (κ1) is 23.4. The molecule has 2 heterocycles. The molecule has 1 atom stereocenters. The highest BCUT2D eigenvalue weighted by molar-refractivity contribution is 5.83. The molecular formula is C20H23F6N3O2. The number of piperazine rings is 1. The molecule has 1 aromatic carbocycles. The standard InChI is InChI=1S/C20H23F6N3O2/c21-19(22,23)15-5-3-14(4-6-15)11-17(30)29-10-9-28(18(31)20(24,25)26)13-16(29)12-27-7-1-2-8-27/h3-6,16H,1-2,7-13H2/t16-/m1/s1. The number of likely N-dealkylation sites (tertiary alicyclic amines) is 1. The van der Waals surface area contributed by atoms with Crippen LogP contribution in [0.2, 0.25) is 0 Å². The number of hydrogen-bond acceptors (Lipinski definition) is 3. The molecule has 0 bridgehead atoms. The molecule has 172 valence electrons. The second-order valence-corrected chi connectivity index (χ2v) is 7.87. The summed E-state index contributed by atoms with van der Waals surface area (Å²) in [5.74, 6) is -2.31. The van der Waals surface area contributed by atoms with Gasteiger partial charge in [-0.3, -0.25) is 9.59 Å². The molecule has 2 fully saturated rings. The van der Waals surface area contributed by atoms with Gasteiger partial charge in [-0.1, -0.05) is 12.1 Å². The van der Waals surface area contributed by atoms with Gasteiger partial charge < -0.3 is 14.7 Å². The number of amides is 2. The molecule has 2 aliphatic rings. The van der Waals surface area contributed by atoms with E-state index in [0.29, 0.717) is 12.1 Å². The number of hydrogen-bond donors (Lipinski definition) is 0. The molecule has 31 heavy (non-hydrogen) atoms. The molecule has 0 aromatic heterocycles. The first-order valence-corrected chi connectivity index (χ1v) is 9.99. The maximum absolute atomic E-state index is 12.9. The lowest BCUT2D eigenvalue weighted by molar-refractivity contribution is -0.188. The van der Waals surface area contributed by atoms with E-state index in [1.165, 1.54) is 17.0 Å². The van der Waals surface area contributed by atoms with Gasteiger partial charge in [0.25, 0.3) is 0 Å². The van der Waals surface area contributed by atoms with Crippen molar-refractivity contribution >= 4 is 11.8 Å². The van der Waals surface area contributed by atoms with Crippen LogP contribution in [0.25, 0.3) is 0 Å². The number of rotatable bonds is 4. The lowest BCUT2D eigenvalue weighted by atomic mass is 10.1. The number of carbonyl (C=O) groups excluding carboxylic acids is 2. The summed E-state index contributed by atoms with van der Waals surface area (Å²) in [6.45, 7) is 1.36. The molecule has 0 N–H and O–H groups in total. The fourth-order valence-corrected chi connectivity index (χ4v) is 4.05. The Morgan fingerprint density at radius 2 is 1.52 bits per heavy atom. The zero-order valence-corrected chi connectivity index (χ0v) is 16.7. The minimum absolute atomic E-state index is 0.0558. The van der Waals surface area contributed by atoms with Crippen LogP contribution < -0.4 is 0 Å². The Morgan fingerprint density at radius 1 is 0.903 bits per heavy atom. The Morgan fingerprint density at radius 3 is 2.06 bits per heavy atom. The van der Waals surface area contributed by atoms with Gasteiger partial charge in [0.15, 0.2) is 0 Å². The van der Waals surface area contributed by atoms with Crippen LogP contribution in [0.4, 0.5) is 26.3 Å². The summed E-state index contributed by atoms with van der Waals surface area (Å²) >= 11 is 0. The second-order valence-electron chi connectivity index (χ2n) is 7.87. The van der Waals surface area contributed by atoms with Gasteiger partial charge in [0.05, 0.1) is 18.0 Å². The van der Waals surface area contributed by atoms with Crippen molar-refractivity contribution in [2.75, 3.05) is 39.3 Å². The predicted molar refractivity (Wildman–Crippen MR) is 99.0 cm³/mol. The van der Waals surface area contributed by atoms with Gasteiger partial charge in [-0.25, -0.2) is 0 Å². The predicted octanol–water partition coefficient (Wildman–Crippen LogP) is 2.95. The Labute approximate surface area is 175 Å². The normalized spacial score (nSPS) is 20.9. The van der Waals surface area contributed by atoms with E-state index >= 15 is 0 Å². The maximum Gasteiger partial charge on any atom is 0.471 e. The van der Waals surface area contributed by atoms with Crippen molar-refractivity contribution in [3.05, 3.63) is 35.4 Å². The number of benzene rings is 1. The molecule has 0 aliphatic carbocycles. The van der Waals surface area contributed by atoms with Gasteiger partial charge in [0.2, 0.25) is 5.91 Å². The van der Waals surface area contributed by atoms with Gasteiger partial charge in [0.1, 0.15) is 0 Å². The van der Waals surface area contributed by atoms with Crippen LogP contribution in [0.1, 0.15) is 24.0 Å². The molecular weight excluding hydrogens is 428 g/mol. The Hall–Kier alpha value is -2.30. The lowest BCUT2D eigenvalue weighted by Crippen LogP contribution is -2.61. The number of alkyl halides is 6. The van der Waals surface area contributed by atoms with Crippen LogP contribution in [-0.2, 0) is 22.2 Å².